The van der Waals surface area contributed by atoms with Gasteiger partial charge in [0.05, 0.1) is 0 Å². The molecule has 0 bridgehead atoms. The number of hydrogen-bond donors (Lipinski definition) is 0. The van der Waals surface area contributed by atoms with Crippen molar-refractivity contribution < 1.29 is 80.4 Å². The Balaban J connectivity index is 0.000000171. The van der Waals surface area contributed by atoms with E-state index in [0.29, 0.717) is 0 Å². The van der Waals surface area contributed by atoms with Crippen LogP contribution in [0.25, 0.3) is 135 Å². The van der Waals surface area contributed by atoms with Gasteiger partial charge in [-0.1, -0.05) is 207 Å². The SMILES string of the molecule is CCc1cc(-c2[c-]cccc2)ncc1-c1ccccc1.Cc1cc(-c2[c-]cccc2)ncc1-c1ccccc1.Cc1cc(-c2[c-]cccc2)ncc1-c1ccccc1.Cc1cc[c-]c(-c2cc(C)c(-c3cccc(C)c3)cn2)c1.Cc1ccc(-c2[c-]cccc2)nc1.[Ir].[Ir].[Ir].[Ir].[c-]1ccccc1-c1ccccn1.[c-]1ccccc1-c1ccccn1.[c-]1ccccc1-c1ccccn1. The van der Waals surface area contributed by atoms with Gasteiger partial charge < -0.3 is 39.9 Å². The van der Waals surface area contributed by atoms with Crippen LogP contribution in [0.5, 0.6) is 0 Å². The zero-order valence-corrected chi connectivity index (χ0v) is 83.8. The standard InChI is InChI=1S/C20H18N.C19H16N.2C18H14N.C12H10N.3C11H8N.4Ir/c1-14-6-4-8-17(10-14)19-13-21-20(12-16(19)3)18-9-5-7-15(2)11-18;1-2-15-13-19(17-11-7-4-8-12-17)20-14-18(15)16-9-5-3-6-10-16;2*1-14-12-18(16-10-6-3-7-11-16)19-13-17(14)15-8-4-2-5-9-15;1-10-7-8-12(13-9-10)11-5-3-2-4-6-11;3*1-2-6-10(7-3-1)11-8-4-5-9-12-11;;;;/h4-8,10-13H,1-3H3;3-11,13-14H,2H2,1H3;2*2-10,12-13H,1H3;2-5,7-9H,1H3;3*1-6,8-9H;;;;/q8*-1;;;;. The molecule has 8 nitrogen and oxygen atoms in total. The van der Waals surface area contributed by atoms with Gasteiger partial charge in [0, 0.05) is 152 Å². The molecule has 20 rings (SSSR count). The van der Waals surface area contributed by atoms with Crippen molar-refractivity contribution in [1.29, 1.82) is 0 Å². The maximum atomic E-state index is 4.63. The van der Waals surface area contributed by atoms with Crippen molar-refractivity contribution in [2.24, 2.45) is 0 Å². The van der Waals surface area contributed by atoms with Crippen LogP contribution in [0.15, 0.2) is 444 Å². The smallest absolute Gasteiger partial charge is 0.0242 e. The Kier molecular flexibility index (Phi) is 42.9. The molecule has 0 aliphatic heterocycles. The molecule has 0 saturated heterocycles. The second-order valence-electron chi connectivity index (χ2n) is 29.8. The van der Waals surface area contributed by atoms with Crippen LogP contribution in [0, 0.1) is 90.1 Å². The fourth-order valence-corrected chi connectivity index (χ4v) is 13.7. The molecule has 0 aliphatic carbocycles. The van der Waals surface area contributed by atoms with Crippen LogP contribution < -0.4 is 0 Å². The molecule has 0 amide bonds. The summed E-state index contributed by atoms with van der Waals surface area (Å²) in [5.74, 6) is 0. The van der Waals surface area contributed by atoms with E-state index in [1.54, 1.807) is 18.6 Å². The van der Waals surface area contributed by atoms with Crippen LogP contribution in [0.2, 0.25) is 0 Å². The number of benzene rings is 12. The zero-order valence-electron chi connectivity index (χ0n) is 74.3. The molecular formula is C120H96Ir4N8-8. The van der Waals surface area contributed by atoms with Crippen molar-refractivity contribution in [3.8, 4) is 135 Å². The van der Waals surface area contributed by atoms with Gasteiger partial charge in [0.25, 0.3) is 0 Å². The number of aromatic nitrogens is 8. The second-order valence-corrected chi connectivity index (χ2v) is 29.8. The summed E-state index contributed by atoms with van der Waals surface area (Å²) in [4.78, 5) is 35.3. The molecule has 8 aromatic heterocycles. The van der Waals surface area contributed by atoms with Crippen LogP contribution >= 0.6 is 0 Å². The van der Waals surface area contributed by atoms with Crippen molar-refractivity contribution in [2.45, 2.75) is 54.9 Å². The van der Waals surface area contributed by atoms with Gasteiger partial charge in [-0.25, -0.2) is 0 Å². The molecule has 0 N–H and O–H groups in total. The van der Waals surface area contributed by atoms with Crippen LogP contribution in [0.4, 0.5) is 0 Å². The van der Waals surface area contributed by atoms with Gasteiger partial charge in [-0.15, -0.1) is 287 Å². The molecule has 0 aliphatic rings. The first-order valence-corrected chi connectivity index (χ1v) is 42.5. The van der Waals surface area contributed by atoms with E-state index in [4.69, 9.17) is 0 Å². The van der Waals surface area contributed by atoms with Gasteiger partial charge in [0.2, 0.25) is 0 Å². The molecule has 4 radical (unpaired) electrons. The van der Waals surface area contributed by atoms with E-state index < -0.39 is 0 Å². The van der Waals surface area contributed by atoms with Gasteiger partial charge in [-0.05, 0) is 155 Å². The predicted octanol–water partition coefficient (Wildman–Crippen LogP) is 29.5. The Bertz CT molecular complexity index is 6240. The van der Waals surface area contributed by atoms with E-state index in [1.807, 2.05) is 317 Å². The molecule has 0 saturated carbocycles. The van der Waals surface area contributed by atoms with Crippen LogP contribution in [-0.4, -0.2) is 39.9 Å². The van der Waals surface area contributed by atoms with Gasteiger partial charge in [-0.3, -0.25) is 0 Å². The van der Waals surface area contributed by atoms with Crippen molar-refractivity contribution >= 4 is 0 Å². The van der Waals surface area contributed by atoms with Gasteiger partial charge in [0.15, 0.2) is 0 Å². The average Bonchev–Trinajstić information content (AvgIpc) is 0.918. The third-order valence-electron chi connectivity index (χ3n) is 20.3. The average molecular weight is 2420 g/mol. The summed E-state index contributed by atoms with van der Waals surface area (Å²) >= 11 is 0. The van der Waals surface area contributed by atoms with Crippen molar-refractivity contribution in [3.63, 3.8) is 0 Å². The third-order valence-corrected chi connectivity index (χ3v) is 20.3. The van der Waals surface area contributed by atoms with E-state index in [-0.39, 0.29) is 80.4 Å². The molecular weight excluding hydrogens is 2320 g/mol. The van der Waals surface area contributed by atoms with Gasteiger partial charge in [-0.2, -0.15) is 0 Å². The van der Waals surface area contributed by atoms with Crippen molar-refractivity contribution in [1.82, 2.24) is 39.9 Å². The minimum atomic E-state index is 0. The summed E-state index contributed by atoms with van der Waals surface area (Å²) < 4.78 is 0. The molecule has 12 aromatic carbocycles. The monoisotopic (exact) mass is 2420 g/mol. The molecule has 8 heterocycles. The molecule has 0 atom stereocenters. The minimum Gasteiger partial charge on any atom is -0.305 e. The maximum Gasteiger partial charge on any atom is 0.0242 e. The number of hydrogen-bond acceptors (Lipinski definition) is 8. The predicted molar refractivity (Wildman–Crippen MR) is 528 cm³/mol. The largest absolute Gasteiger partial charge is 0.305 e. The summed E-state index contributed by atoms with van der Waals surface area (Å²) in [5, 5.41) is 0. The normalized spacial score (nSPS) is 9.87. The Labute approximate surface area is 833 Å². The van der Waals surface area contributed by atoms with E-state index in [1.165, 1.54) is 83.5 Å². The molecule has 0 unspecified atom stereocenters. The number of pyridine rings is 8. The van der Waals surface area contributed by atoms with E-state index in [9.17, 15) is 0 Å². The fourth-order valence-electron chi connectivity index (χ4n) is 13.7. The quantitative estimate of drug-likeness (QED) is 0.105. The van der Waals surface area contributed by atoms with E-state index in [0.717, 1.165) is 96.5 Å². The first-order chi connectivity index (χ1) is 63.0. The van der Waals surface area contributed by atoms with Gasteiger partial charge >= 0.3 is 0 Å². The first kappa shape index (κ1) is 102. The minimum absolute atomic E-state index is 0. The van der Waals surface area contributed by atoms with Crippen LogP contribution in [-0.2, 0) is 86.8 Å². The molecule has 0 fully saturated rings. The summed E-state index contributed by atoms with van der Waals surface area (Å²) in [6.07, 6.45) is 16.1. The summed E-state index contributed by atoms with van der Waals surface area (Å²) in [6.45, 7) is 14.8. The van der Waals surface area contributed by atoms with Gasteiger partial charge in [0.1, 0.15) is 0 Å². The Hall–Kier alpha value is -13.6. The van der Waals surface area contributed by atoms with Crippen LogP contribution in [0.3, 0.4) is 0 Å². The Morgan fingerprint density at radius 1 is 0.189 bits per heavy atom. The fraction of sp³-hybridized carbons (Fsp3) is 0.0667. The second kappa shape index (κ2) is 55.5. The molecule has 20 aromatic rings. The van der Waals surface area contributed by atoms with Crippen molar-refractivity contribution in [3.05, 3.63) is 531 Å². The molecule has 660 valence electrons. The summed E-state index contributed by atoms with van der Waals surface area (Å²) in [5.41, 5.74) is 34.4. The maximum absolute atomic E-state index is 4.63. The Morgan fingerprint density at radius 3 is 0.773 bits per heavy atom. The molecule has 0 spiro atoms. The number of rotatable bonds is 13. The van der Waals surface area contributed by atoms with Crippen molar-refractivity contribution in [2.75, 3.05) is 0 Å². The third kappa shape index (κ3) is 31.4. The number of nitrogens with zero attached hydrogens (tertiary/aromatic N) is 8. The molecule has 132 heavy (non-hydrogen) atoms. The Morgan fingerprint density at radius 2 is 0.470 bits per heavy atom. The first-order valence-electron chi connectivity index (χ1n) is 42.5. The summed E-state index contributed by atoms with van der Waals surface area (Å²) in [7, 11) is 0. The topological polar surface area (TPSA) is 103 Å². The number of aryl methyl sites for hydroxylation is 7. The molecule has 12 heteroatoms. The summed E-state index contributed by atoms with van der Waals surface area (Å²) in [6, 6.07) is 157. The van der Waals surface area contributed by atoms with Crippen LogP contribution in [0.1, 0.15) is 45.9 Å². The van der Waals surface area contributed by atoms with E-state index >= 15 is 0 Å². The van der Waals surface area contributed by atoms with E-state index in [2.05, 4.69) is 245 Å². The zero-order chi connectivity index (χ0) is 88.5.